The predicted octanol–water partition coefficient (Wildman–Crippen LogP) is -1.74. The standard InChI is InChI=1S/C23H22F2N4O4.K/c1-29-23(26-27-28-29)20(11-10-18(30)12-19(31)13-21(32)33)22(14-2-6-16(24)7-3-14)15-4-8-17(25)9-5-15;/h2-11,18-19,30-31H,12-13H2,1H3,(H,32,33);/q;+1/p-1/b11-10+;. The van der Waals surface area contributed by atoms with E-state index >= 15 is 0 Å². The van der Waals surface area contributed by atoms with Crippen LogP contribution in [0.3, 0.4) is 0 Å². The van der Waals surface area contributed by atoms with Gasteiger partial charge in [-0.15, -0.1) is 5.10 Å². The molecule has 0 saturated carbocycles. The van der Waals surface area contributed by atoms with E-state index in [1.54, 1.807) is 31.3 Å². The molecule has 11 heteroatoms. The molecule has 2 N–H and O–H groups in total. The number of aliphatic carboxylic acids is 1. The van der Waals surface area contributed by atoms with Gasteiger partial charge in [0.15, 0.2) is 5.82 Å². The molecule has 0 fully saturated rings. The van der Waals surface area contributed by atoms with Gasteiger partial charge >= 0.3 is 51.4 Å². The number of carboxylic acid groups (broad SMARTS) is 1. The zero-order valence-electron chi connectivity index (χ0n) is 18.6. The summed E-state index contributed by atoms with van der Waals surface area (Å²) in [6, 6.07) is 11.3. The SMILES string of the molecule is Cn1nnnc1C(/C=C/C(O)CC(O)CC(=O)[O-])=C(c1ccc(F)cc1)c1ccc(F)cc1.[K+]. The van der Waals surface area contributed by atoms with E-state index in [9.17, 15) is 28.9 Å². The molecule has 1 aromatic heterocycles. The van der Waals surface area contributed by atoms with Gasteiger partial charge in [-0.3, -0.25) is 0 Å². The quantitative estimate of drug-likeness (QED) is 0.267. The summed E-state index contributed by atoms with van der Waals surface area (Å²) in [6.45, 7) is 0. The van der Waals surface area contributed by atoms with E-state index < -0.39 is 36.2 Å². The summed E-state index contributed by atoms with van der Waals surface area (Å²) in [5, 5.41) is 42.2. The van der Waals surface area contributed by atoms with Crippen molar-refractivity contribution in [2.45, 2.75) is 25.0 Å². The summed E-state index contributed by atoms with van der Waals surface area (Å²) in [5.41, 5.74) is 2.12. The molecular formula is C23H21F2KN4O4. The number of carboxylic acids is 1. The molecule has 0 radical (unpaired) electrons. The van der Waals surface area contributed by atoms with E-state index in [0.717, 1.165) is 0 Å². The van der Waals surface area contributed by atoms with Crippen LogP contribution in [0.2, 0.25) is 0 Å². The molecule has 2 unspecified atom stereocenters. The van der Waals surface area contributed by atoms with Crippen molar-refractivity contribution in [3.8, 4) is 0 Å². The number of aryl methyl sites for hydroxylation is 1. The van der Waals surface area contributed by atoms with Crippen LogP contribution < -0.4 is 56.5 Å². The maximum atomic E-state index is 13.6. The maximum absolute atomic E-state index is 13.6. The topological polar surface area (TPSA) is 124 Å². The second-order valence-corrected chi connectivity index (χ2v) is 7.32. The first-order valence-electron chi connectivity index (χ1n) is 9.97. The van der Waals surface area contributed by atoms with Gasteiger partial charge < -0.3 is 20.1 Å². The molecule has 0 saturated heterocycles. The number of hydrogen-bond donors (Lipinski definition) is 2. The van der Waals surface area contributed by atoms with Crippen molar-refractivity contribution in [3.63, 3.8) is 0 Å². The summed E-state index contributed by atoms with van der Waals surface area (Å²) >= 11 is 0. The van der Waals surface area contributed by atoms with Crippen molar-refractivity contribution in [1.82, 2.24) is 20.2 Å². The van der Waals surface area contributed by atoms with Gasteiger partial charge in [0.2, 0.25) is 0 Å². The summed E-state index contributed by atoms with van der Waals surface area (Å²) < 4.78 is 28.6. The molecule has 0 spiro atoms. The molecule has 3 aromatic rings. The first-order chi connectivity index (χ1) is 15.7. The second-order valence-electron chi connectivity index (χ2n) is 7.32. The number of rotatable bonds is 9. The number of nitrogens with zero attached hydrogens (tertiary/aromatic N) is 4. The summed E-state index contributed by atoms with van der Waals surface area (Å²) in [4.78, 5) is 10.6. The third kappa shape index (κ3) is 7.70. The first-order valence-corrected chi connectivity index (χ1v) is 9.97. The minimum atomic E-state index is -1.43. The van der Waals surface area contributed by atoms with Crippen molar-refractivity contribution in [1.29, 1.82) is 0 Å². The third-order valence-electron chi connectivity index (χ3n) is 4.80. The van der Waals surface area contributed by atoms with Crippen LogP contribution in [0.5, 0.6) is 0 Å². The Morgan fingerprint density at radius 2 is 1.59 bits per heavy atom. The first kappa shape index (κ1) is 28.1. The van der Waals surface area contributed by atoms with Crippen molar-refractivity contribution in [2.24, 2.45) is 7.05 Å². The van der Waals surface area contributed by atoms with Crippen LogP contribution in [-0.2, 0) is 11.8 Å². The van der Waals surface area contributed by atoms with Crippen LogP contribution in [0.15, 0.2) is 60.7 Å². The number of carbonyl (C=O) groups is 1. The van der Waals surface area contributed by atoms with Gasteiger partial charge in [0, 0.05) is 31.4 Å². The van der Waals surface area contributed by atoms with Gasteiger partial charge in [0.1, 0.15) is 11.6 Å². The number of hydrogen-bond acceptors (Lipinski definition) is 7. The Hall–Kier alpha value is -2.12. The summed E-state index contributed by atoms with van der Waals surface area (Å²) in [5.74, 6) is -2.00. The number of aliphatic hydroxyl groups excluding tert-OH is 2. The van der Waals surface area contributed by atoms with E-state index in [1.807, 2.05) is 0 Å². The molecule has 1 heterocycles. The fraction of sp³-hybridized carbons (Fsp3) is 0.217. The molecule has 172 valence electrons. The minimum Gasteiger partial charge on any atom is -0.550 e. The van der Waals surface area contributed by atoms with E-state index in [0.29, 0.717) is 28.1 Å². The Kier molecular flexibility index (Phi) is 10.8. The zero-order valence-corrected chi connectivity index (χ0v) is 21.7. The van der Waals surface area contributed by atoms with Crippen LogP contribution in [0.1, 0.15) is 29.8 Å². The molecule has 0 aliphatic carbocycles. The number of aromatic nitrogens is 4. The van der Waals surface area contributed by atoms with Gasteiger partial charge in [-0.25, -0.2) is 13.5 Å². The summed E-state index contributed by atoms with van der Waals surface area (Å²) in [6.07, 6.45) is -0.473. The smallest absolute Gasteiger partial charge is 0.550 e. The number of allylic oxidation sites excluding steroid dienone is 2. The molecule has 0 amide bonds. The molecule has 8 nitrogen and oxygen atoms in total. The van der Waals surface area contributed by atoms with Crippen LogP contribution in [-0.4, -0.2) is 48.6 Å². The van der Waals surface area contributed by atoms with Gasteiger partial charge in [0.25, 0.3) is 0 Å². The zero-order chi connectivity index (χ0) is 24.0. The molecule has 2 aromatic carbocycles. The van der Waals surface area contributed by atoms with Gasteiger partial charge in [-0.1, -0.05) is 36.4 Å². The molecule has 3 rings (SSSR count). The van der Waals surface area contributed by atoms with Crippen LogP contribution in [0.4, 0.5) is 8.78 Å². The van der Waals surface area contributed by atoms with Crippen LogP contribution >= 0.6 is 0 Å². The Labute approximate surface area is 237 Å². The average molecular weight is 495 g/mol. The minimum absolute atomic E-state index is 0. The van der Waals surface area contributed by atoms with E-state index in [2.05, 4.69) is 15.5 Å². The predicted molar refractivity (Wildman–Crippen MR) is 113 cm³/mol. The third-order valence-corrected chi connectivity index (χ3v) is 4.80. The molecule has 0 bridgehead atoms. The molecule has 0 aliphatic rings. The largest absolute Gasteiger partial charge is 1.00 e. The molecule has 2 atom stereocenters. The Morgan fingerprint density at radius 1 is 1.06 bits per heavy atom. The molecular weight excluding hydrogens is 473 g/mol. The van der Waals surface area contributed by atoms with Gasteiger partial charge in [-0.2, -0.15) is 0 Å². The number of halogens is 2. The van der Waals surface area contributed by atoms with E-state index in [-0.39, 0.29) is 57.8 Å². The van der Waals surface area contributed by atoms with Crippen LogP contribution in [0.25, 0.3) is 11.1 Å². The number of benzene rings is 2. The number of carbonyl (C=O) groups excluding carboxylic acids is 1. The Balaban J connectivity index is 0.00000408. The van der Waals surface area contributed by atoms with Crippen molar-refractivity contribution in [3.05, 3.63) is 89.3 Å². The van der Waals surface area contributed by atoms with Gasteiger partial charge in [0.05, 0.1) is 12.2 Å². The van der Waals surface area contributed by atoms with Crippen molar-refractivity contribution < 1.29 is 80.3 Å². The van der Waals surface area contributed by atoms with E-state index in [4.69, 9.17) is 0 Å². The summed E-state index contributed by atoms with van der Waals surface area (Å²) in [7, 11) is 1.61. The Morgan fingerprint density at radius 3 is 2.03 bits per heavy atom. The Bertz CT molecular complexity index is 1120. The normalized spacial score (nSPS) is 12.7. The number of tetrazole rings is 1. The van der Waals surface area contributed by atoms with Gasteiger partial charge in [-0.05, 0) is 51.4 Å². The van der Waals surface area contributed by atoms with E-state index in [1.165, 1.54) is 41.1 Å². The van der Waals surface area contributed by atoms with Crippen molar-refractivity contribution in [2.75, 3.05) is 0 Å². The fourth-order valence-electron chi connectivity index (χ4n) is 3.28. The molecule has 0 aliphatic heterocycles. The van der Waals surface area contributed by atoms with Crippen LogP contribution in [0, 0.1) is 11.6 Å². The second kappa shape index (κ2) is 13.1. The fourth-order valence-corrected chi connectivity index (χ4v) is 3.28. The number of aliphatic hydroxyl groups is 2. The maximum Gasteiger partial charge on any atom is 1.00 e. The average Bonchev–Trinajstić information content (AvgIpc) is 3.18. The molecule has 34 heavy (non-hydrogen) atoms. The monoisotopic (exact) mass is 494 g/mol. The van der Waals surface area contributed by atoms with Crippen molar-refractivity contribution >= 4 is 17.1 Å².